The number of ether oxygens (including phenoxy) is 2. The first-order valence-corrected chi connectivity index (χ1v) is 21.9. The Balaban J connectivity index is 0.770. The highest BCUT2D eigenvalue weighted by molar-refractivity contribution is 7.17. The summed E-state index contributed by atoms with van der Waals surface area (Å²) in [4.78, 5) is 79.3. The van der Waals surface area contributed by atoms with Gasteiger partial charge in [-0.1, -0.05) is 29.8 Å². The zero-order valence-corrected chi connectivity index (χ0v) is 36.1. The molecule has 5 heterocycles. The summed E-state index contributed by atoms with van der Waals surface area (Å²) < 4.78 is 27.6. The second kappa shape index (κ2) is 19.5. The number of benzene rings is 3. The molecule has 0 radical (unpaired) electrons. The predicted molar refractivity (Wildman–Crippen MR) is 236 cm³/mol. The van der Waals surface area contributed by atoms with Crippen LogP contribution in [0.2, 0.25) is 5.02 Å². The van der Waals surface area contributed by atoms with E-state index in [2.05, 4.69) is 31.7 Å². The lowest BCUT2D eigenvalue weighted by Crippen LogP contribution is -2.54. The molecular formula is C45H44ClFN8O8S. The van der Waals surface area contributed by atoms with Gasteiger partial charge in [0.2, 0.25) is 17.7 Å². The highest BCUT2D eigenvalue weighted by atomic mass is 35.5. The number of nitrogens with zero attached hydrogens (tertiary/aromatic N) is 3. The second-order valence-electron chi connectivity index (χ2n) is 15.6. The molecule has 3 aliphatic rings. The standard InChI is InChI=1S/C45H44ClFN8O8S/c1-54-41(32(46)23-50-54)36-13-14-37(64-36)43(59)52-34-24-49-28(21-31(34)25-4-2-5-26(47)20-25)22-39(57)51-27-8-10-29(11-9-27)63-19-18-62-17-16-48-33-7-3-6-30-40(33)45(61)55(44(30)60)35-12-15-38(56)53-42(35)58/h2-11,13-14,20,23,28,31,34-35,48-49H,12,15-19,21-22,24H2,1H3,(H,51,57)(H,52,59)(H,53,56,58)/t28-,31-,34+,35?/m0/s1. The van der Waals surface area contributed by atoms with Crippen LogP contribution in [0, 0.1) is 5.82 Å². The Morgan fingerprint density at radius 2 is 1.80 bits per heavy atom. The number of hydrogen-bond donors (Lipinski definition) is 5. The van der Waals surface area contributed by atoms with Crippen LogP contribution in [-0.2, 0) is 26.2 Å². The van der Waals surface area contributed by atoms with Gasteiger partial charge in [-0.25, -0.2) is 4.39 Å². The first-order valence-electron chi connectivity index (χ1n) is 20.7. The molecule has 1 unspecified atom stereocenters. The Morgan fingerprint density at radius 1 is 0.984 bits per heavy atom. The van der Waals surface area contributed by atoms with Crippen molar-refractivity contribution in [1.82, 2.24) is 30.6 Å². The number of amides is 6. The van der Waals surface area contributed by atoms with E-state index in [0.29, 0.717) is 46.5 Å². The number of thiophene rings is 1. The van der Waals surface area contributed by atoms with Crippen molar-refractivity contribution in [3.05, 3.63) is 117 Å². The topological polar surface area (TPSA) is 202 Å². The maximum absolute atomic E-state index is 14.4. The number of carbonyl (C=O) groups excluding carboxylic acids is 6. The van der Waals surface area contributed by atoms with Crippen LogP contribution in [0.15, 0.2) is 85.1 Å². The molecule has 16 nitrogen and oxygen atoms in total. The molecule has 3 aliphatic heterocycles. The van der Waals surface area contributed by atoms with E-state index in [4.69, 9.17) is 21.1 Å². The minimum Gasteiger partial charge on any atom is -0.491 e. The molecule has 2 fully saturated rings. The van der Waals surface area contributed by atoms with Gasteiger partial charge in [-0.05, 0) is 79.1 Å². The van der Waals surface area contributed by atoms with E-state index in [1.165, 1.54) is 29.5 Å². The quantitative estimate of drug-likeness (QED) is 0.0650. The Morgan fingerprint density at radius 3 is 2.56 bits per heavy atom. The van der Waals surface area contributed by atoms with Crippen molar-refractivity contribution in [2.45, 2.75) is 49.7 Å². The number of aryl methyl sites for hydroxylation is 1. The lowest BCUT2D eigenvalue weighted by Gasteiger charge is -2.37. The van der Waals surface area contributed by atoms with Gasteiger partial charge in [-0.15, -0.1) is 11.3 Å². The van der Waals surface area contributed by atoms with Gasteiger partial charge in [-0.3, -0.25) is 43.7 Å². The number of halogens is 2. The van der Waals surface area contributed by atoms with Crippen LogP contribution < -0.4 is 31.3 Å². The summed E-state index contributed by atoms with van der Waals surface area (Å²) in [6.07, 6.45) is 2.30. The largest absolute Gasteiger partial charge is 0.491 e. The van der Waals surface area contributed by atoms with Crippen LogP contribution in [-0.4, -0.2) is 101 Å². The van der Waals surface area contributed by atoms with Gasteiger partial charge in [0.25, 0.3) is 17.7 Å². The molecule has 5 aromatic rings. The van der Waals surface area contributed by atoms with Crippen LogP contribution in [0.25, 0.3) is 10.6 Å². The van der Waals surface area contributed by atoms with Crippen LogP contribution in [0.5, 0.6) is 5.75 Å². The van der Waals surface area contributed by atoms with Crippen molar-refractivity contribution in [2.24, 2.45) is 7.05 Å². The summed E-state index contributed by atoms with van der Waals surface area (Å²) in [6.45, 7) is 1.47. The SMILES string of the molecule is Cn1ncc(Cl)c1-c1ccc(C(=O)N[C@@H]2CN[C@H](CC(=O)Nc3ccc(OCCOCCNc4cccc5c4C(=O)N(C4CCC(=O)NC4=O)C5=O)cc3)C[C@H]2c2cccc(F)c2)s1. The fraction of sp³-hybridized carbons (Fsp3) is 0.311. The monoisotopic (exact) mass is 910 g/mol. The first kappa shape index (κ1) is 44.1. The molecule has 6 amide bonds. The summed E-state index contributed by atoms with van der Waals surface area (Å²) in [5.74, 6) is -2.81. The van der Waals surface area contributed by atoms with Gasteiger partial charge in [-0.2, -0.15) is 5.10 Å². The van der Waals surface area contributed by atoms with E-state index in [0.717, 1.165) is 21.0 Å². The van der Waals surface area contributed by atoms with E-state index < -0.39 is 29.7 Å². The normalized spacial score (nSPS) is 19.6. The Kier molecular flexibility index (Phi) is 13.5. The number of rotatable bonds is 16. The molecule has 64 heavy (non-hydrogen) atoms. The van der Waals surface area contributed by atoms with Crippen molar-refractivity contribution >= 4 is 69.8 Å². The molecule has 0 spiro atoms. The van der Waals surface area contributed by atoms with E-state index in [1.54, 1.807) is 66.5 Å². The van der Waals surface area contributed by atoms with E-state index in [-0.39, 0.29) is 85.8 Å². The second-order valence-corrected chi connectivity index (χ2v) is 17.0. The zero-order chi connectivity index (χ0) is 44.9. The number of nitrogens with one attached hydrogen (secondary N) is 5. The summed E-state index contributed by atoms with van der Waals surface area (Å²) in [5.41, 5.74) is 2.84. The highest BCUT2D eigenvalue weighted by Gasteiger charge is 2.45. The van der Waals surface area contributed by atoms with Gasteiger partial charge in [0.15, 0.2) is 0 Å². The maximum Gasteiger partial charge on any atom is 0.264 e. The zero-order valence-electron chi connectivity index (χ0n) is 34.5. The molecule has 2 saturated heterocycles. The van der Waals surface area contributed by atoms with E-state index in [9.17, 15) is 33.2 Å². The summed E-state index contributed by atoms with van der Waals surface area (Å²) in [7, 11) is 1.78. The lowest BCUT2D eigenvalue weighted by molar-refractivity contribution is -0.136. The molecular weight excluding hydrogens is 867 g/mol. The Hall–Kier alpha value is -6.47. The summed E-state index contributed by atoms with van der Waals surface area (Å²) in [6, 6.07) is 20.0. The number of hydrogen-bond acceptors (Lipinski definition) is 12. The predicted octanol–water partition coefficient (Wildman–Crippen LogP) is 5.12. The molecule has 332 valence electrons. The minimum absolute atomic E-state index is 0.0402. The number of aromatic nitrogens is 2. The molecule has 0 bridgehead atoms. The van der Waals surface area contributed by atoms with Crippen molar-refractivity contribution in [3.8, 4) is 16.3 Å². The number of piperidine rings is 2. The van der Waals surface area contributed by atoms with Crippen LogP contribution in [0.3, 0.4) is 0 Å². The smallest absolute Gasteiger partial charge is 0.264 e. The number of fused-ring (bicyclic) bond motifs is 1. The third-order valence-corrected chi connectivity index (χ3v) is 12.7. The van der Waals surface area contributed by atoms with Gasteiger partial charge >= 0.3 is 0 Å². The number of imide groups is 2. The average Bonchev–Trinajstić information content (AvgIpc) is 3.96. The molecule has 0 saturated carbocycles. The molecule has 5 N–H and O–H groups in total. The molecule has 19 heteroatoms. The third kappa shape index (κ3) is 9.84. The molecule has 3 aromatic carbocycles. The van der Waals surface area contributed by atoms with Crippen molar-refractivity contribution < 1.29 is 42.6 Å². The van der Waals surface area contributed by atoms with Gasteiger partial charge in [0.05, 0.1) is 51.0 Å². The fourth-order valence-corrected chi connectivity index (χ4v) is 9.55. The summed E-state index contributed by atoms with van der Waals surface area (Å²) in [5, 5.41) is 19.5. The molecule has 2 aromatic heterocycles. The molecule has 0 aliphatic carbocycles. The van der Waals surface area contributed by atoms with Crippen LogP contribution in [0.4, 0.5) is 15.8 Å². The van der Waals surface area contributed by atoms with E-state index in [1.807, 2.05) is 12.1 Å². The first-order chi connectivity index (χ1) is 30.9. The van der Waals surface area contributed by atoms with Crippen molar-refractivity contribution in [3.63, 3.8) is 0 Å². The maximum atomic E-state index is 14.4. The Bertz CT molecular complexity index is 2580. The van der Waals surface area contributed by atoms with Crippen LogP contribution in [0.1, 0.15) is 67.6 Å². The van der Waals surface area contributed by atoms with Crippen molar-refractivity contribution in [2.75, 3.05) is 43.5 Å². The third-order valence-electron chi connectivity index (χ3n) is 11.3. The molecule has 4 atom stereocenters. The Labute approximate surface area is 375 Å². The van der Waals surface area contributed by atoms with Crippen molar-refractivity contribution in [1.29, 1.82) is 0 Å². The highest BCUT2D eigenvalue weighted by Crippen LogP contribution is 2.35. The van der Waals surface area contributed by atoms with Gasteiger partial charge in [0.1, 0.15) is 24.2 Å². The average molecular weight is 911 g/mol. The minimum atomic E-state index is -1.05. The number of anilines is 2. The van der Waals surface area contributed by atoms with Crippen LogP contribution >= 0.6 is 22.9 Å². The lowest BCUT2D eigenvalue weighted by atomic mass is 9.81. The van der Waals surface area contributed by atoms with E-state index >= 15 is 0 Å². The summed E-state index contributed by atoms with van der Waals surface area (Å²) >= 11 is 7.63. The number of carbonyl (C=O) groups is 6. The fourth-order valence-electron chi connectivity index (χ4n) is 8.23. The molecule has 8 rings (SSSR count). The van der Waals surface area contributed by atoms with Gasteiger partial charge < -0.3 is 30.7 Å². The van der Waals surface area contributed by atoms with Gasteiger partial charge in [0, 0.05) is 62.4 Å².